The van der Waals surface area contributed by atoms with Gasteiger partial charge in [-0.15, -0.1) is 0 Å². The van der Waals surface area contributed by atoms with Gasteiger partial charge in [0.1, 0.15) is 0 Å². The van der Waals surface area contributed by atoms with Crippen LogP contribution in [0.15, 0.2) is 200 Å². The minimum Gasteiger partial charge on any atom is -0.256 e. The van der Waals surface area contributed by atoms with Crippen LogP contribution in [0.4, 0.5) is 0 Å². The largest absolute Gasteiger partial charge is 0.256 e. The molecule has 0 aliphatic heterocycles. The summed E-state index contributed by atoms with van der Waals surface area (Å²) in [4.78, 5) is 4.57. The van der Waals surface area contributed by atoms with Gasteiger partial charge in [-0.05, 0) is 95.4 Å². The number of hydrogen-bond acceptors (Lipinski definition) is 1. The summed E-state index contributed by atoms with van der Waals surface area (Å²) >= 11 is 0. The van der Waals surface area contributed by atoms with Gasteiger partial charge in [0.25, 0.3) is 0 Å². The fraction of sp³-hybridized carbons (Fsp3) is 0. The highest BCUT2D eigenvalue weighted by molar-refractivity contribution is 6.23. The molecule has 0 aliphatic carbocycles. The maximum Gasteiger partial charge on any atom is 0.0701 e. The highest BCUT2D eigenvalue weighted by Crippen LogP contribution is 2.48. The molecule has 0 amide bonds. The molecule has 0 fully saturated rings. The molecule has 0 aliphatic rings. The van der Waals surface area contributed by atoms with Crippen molar-refractivity contribution >= 4 is 21.5 Å². The fourth-order valence-corrected chi connectivity index (χ4v) is 7.45. The van der Waals surface area contributed by atoms with Crippen LogP contribution in [0.25, 0.3) is 88.4 Å². The van der Waals surface area contributed by atoms with Crippen molar-refractivity contribution in [1.29, 1.82) is 0 Å². The quantitative estimate of drug-likeness (QED) is 0.166. The van der Waals surface area contributed by atoms with Crippen LogP contribution < -0.4 is 0 Å². The summed E-state index contributed by atoms with van der Waals surface area (Å²) in [7, 11) is 0. The summed E-state index contributed by atoms with van der Waals surface area (Å²) in [5.41, 5.74) is 14.3. The van der Waals surface area contributed by atoms with Crippen molar-refractivity contribution < 1.29 is 0 Å². The van der Waals surface area contributed by atoms with Gasteiger partial charge in [-0.25, -0.2) is 0 Å². The van der Waals surface area contributed by atoms with Crippen LogP contribution in [-0.4, -0.2) is 4.98 Å². The summed E-state index contributed by atoms with van der Waals surface area (Å²) in [6.07, 6.45) is 1.85. The lowest BCUT2D eigenvalue weighted by atomic mass is 9.81. The van der Waals surface area contributed by atoms with Gasteiger partial charge >= 0.3 is 0 Å². The van der Waals surface area contributed by atoms with Crippen LogP contribution in [0.5, 0.6) is 0 Å². The van der Waals surface area contributed by atoms with E-state index in [1.807, 2.05) is 18.3 Å². The molecular formula is C49H33N. The Morgan fingerprint density at radius 1 is 0.260 bits per heavy atom. The minimum absolute atomic E-state index is 0.977. The molecule has 0 saturated carbocycles. The molecule has 50 heavy (non-hydrogen) atoms. The van der Waals surface area contributed by atoms with Crippen molar-refractivity contribution in [3.05, 3.63) is 200 Å². The smallest absolute Gasteiger partial charge is 0.0701 e. The van der Waals surface area contributed by atoms with E-state index in [4.69, 9.17) is 0 Å². The Kier molecular flexibility index (Phi) is 7.57. The SMILES string of the molecule is c1ccc(-c2ccccc2-c2c3ccccc3c(-c3ccccc3-c3ccccc3)c3cc(-c4ccc(-c5ccccn5)cc4)ccc23)cc1. The van der Waals surface area contributed by atoms with Gasteiger partial charge in [-0.3, -0.25) is 4.98 Å². The first-order valence-electron chi connectivity index (χ1n) is 17.1. The highest BCUT2D eigenvalue weighted by Gasteiger charge is 2.21. The molecule has 0 spiro atoms. The zero-order valence-corrected chi connectivity index (χ0v) is 27.5. The molecule has 1 heterocycles. The molecule has 9 aromatic rings. The lowest BCUT2D eigenvalue weighted by Crippen LogP contribution is -1.94. The van der Waals surface area contributed by atoms with E-state index < -0.39 is 0 Å². The zero-order chi connectivity index (χ0) is 33.3. The molecule has 1 heteroatoms. The van der Waals surface area contributed by atoms with Crippen LogP contribution in [0.1, 0.15) is 0 Å². The van der Waals surface area contributed by atoms with Crippen molar-refractivity contribution in [1.82, 2.24) is 4.98 Å². The Morgan fingerprint density at radius 2 is 0.700 bits per heavy atom. The summed E-state index contributed by atoms with van der Waals surface area (Å²) in [5, 5.41) is 4.95. The number of fused-ring (bicyclic) bond motifs is 2. The van der Waals surface area contributed by atoms with Gasteiger partial charge in [0, 0.05) is 11.8 Å². The second-order valence-corrected chi connectivity index (χ2v) is 12.7. The van der Waals surface area contributed by atoms with Gasteiger partial charge in [-0.1, -0.05) is 176 Å². The van der Waals surface area contributed by atoms with E-state index in [0.29, 0.717) is 0 Å². The Hall–Kier alpha value is -6.57. The number of benzene rings is 8. The molecule has 0 unspecified atom stereocenters. The Labute approximate surface area is 292 Å². The number of hydrogen-bond donors (Lipinski definition) is 0. The van der Waals surface area contributed by atoms with E-state index >= 15 is 0 Å². The maximum absolute atomic E-state index is 4.57. The van der Waals surface area contributed by atoms with Crippen LogP contribution in [0, 0.1) is 0 Å². The highest BCUT2D eigenvalue weighted by atomic mass is 14.7. The van der Waals surface area contributed by atoms with Gasteiger partial charge in [0.15, 0.2) is 0 Å². The fourth-order valence-electron chi connectivity index (χ4n) is 7.45. The summed E-state index contributed by atoms with van der Waals surface area (Å²) in [6, 6.07) is 70.0. The standard InChI is InChI=1S/C49H33N/c1-3-15-35(16-4-1)39-19-7-9-21-41(39)48-43-23-11-12-24-44(43)49(42-22-10-8-20-40(42)36-17-5-2-6-18-36)46-33-38(30-31-45(46)48)34-26-28-37(29-27-34)47-25-13-14-32-50-47/h1-33H. The topological polar surface area (TPSA) is 12.9 Å². The van der Waals surface area contributed by atoms with Crippen LogP contribution in [0.2, 0.25) is 0 Å². The molecule has 9 rings (SSSR count). The van der Waals surface area contributed by atoms with Crippen LogP contribution >= 0.6 is 0 Å². The monoisotopic (exact) mass is 635 g/mol. The van der Waals surface area contributed by atoms with Gasteiger partial charge in [0.05, 0.1) is 5.69 Å². The first-order valence-corrected chi connectivity index (χ1v) is 17.1. The molecular weight excluding hydrogens is 603 g/mol. The van der Waals surface area contributed by atoms with Gasteiger partial charge in [-0.2, -0.15) is 0 Å². The lowest BCUT2D eigenvalue weighted by molar-refractivity contribution is 1.33. The first kappa shape index (κ1) is 29.6. The number of aromatic nitrogens is 1. The van der Waals surface area contributed by atoms with Gasteiger partial charge in [0.2, 0.25) is 0 Å². The first-order chi connectivity index (χ1) is 24.8. The Bertz CT molecular complexity index is 2610. The second-order valence-electron chi connectivity index (χ2n) is 12.7. The van der Waals surface area contributed by atoms with Crippen molar-refractivity contribution in [2.45, 2.75) is 0 Å². The van der Waals surface area contributed by atoms with Crippen LogP contribution in [0.3, 0.4) is 0 Å². The van der Waals surface area contributed by atoms with Crippen molar-refractivity contribution in [3.8, 4) is 66.9 Å². The minimum atomic E-state index is 0.977. The van der Waals surface area contributed by atoms with Crippen molar-refractivity contribution in [2.24, 2.45) is 0 Å². The molecule has 234 valence electrons. The average molecular weight is 636 g/mol. The maximum atomic E-state index is 4.57. The molecule has 0 N–H and O–H groups in total. The average Bonchev–Trinajstić information content (AvgIpc) is 3.21. The second kappa shape index (κ2) is 12.8. The molecule has 0 saturated heterocycles. The van der Waals surface area contributed by atoms with E-state index in [1.165, 1.54) is 77.2 Å². The van der Waals surface area contributed by atoms with Crippen molar-refractivity contribution in [2.75, 3.05) is 0 Å². The molecule has 8 aromatic carbocycles. The van der Waals surface area contributed by atoms with E-state index in [0.717, 1.165) is 11.3 Å². The van der Waals surface area contributed by atoms with E-state index in [1.54, 1.807) is 0 Å². The predicted molar refractivity (Wildman–Crippen MR) is 212 cm³/mol. The number of nitrogens with zero attached hydrogens (tertiary/aromatic N) is 1. The Morgan fingerprint density at radius 3 is 1.26 bits per heavy atom. The summed E-state index contributed by atoms with van der Waals surface area (Å²) in [5.74, 6) is 0. The summed E-state index contributed by atoms with van der Waals surface area (Å²) < 4.78 is 0. The third-order valence-electron chi connectivity index (χ3n) is 9.77. The zero-order valence-electron chi connectivity index (χ0n) is 27.5. The third kappa shape index (κ3) is 5.26. The Balaban J connectivity index is 1.36. The predicted octanol–water partition coefficient (Wildman–Crippen LogP) is 13.4. The number of pyridine rings is 1. The molecule has 1 aromatic heterocycles. The van der Waals surface area contributed by atoms with Crippen LogP contribution in [-0.2, 0) is 0 Å². The van der Waals surface area contributed by atoms with E-state index in [9.17, 15) is 0 Å². The molecule has 0 atom stereocenters. The molecule has 1 nitrogen and oxygen atoms in total. The number of rotatable bonds is 6. The summed E-state index contributed by atoms with van der Waals surface area (Å²) in [6.45, 7) is 0. The molecule has 0 radical (unpaired) electrons. The van der Waals surface area contributed by atoms with Crippen molar-refractivity contribution in [3.63, 3.8) is 0 Å². The normalized spacial score (nSPS) is 11.2. The lowest BCUT2D eigenvalue weighted by Gasteiger charge is -2.21. The third-order valence-corrected chi connectivity index (χ3v) is 9.77. The molecule has 0 bridgehead atoms. The van der Waals surface area contributed by atoms with E-state index in [2.05, 4.69) is 187 Å². The van der Waals surface area contributed by atoms with Gasteiger partial charge < -0.3 is 0 Å². The van der Waals surface area contributed by atoms with E-state index in [-0.39, 0.29) is 0 Å².